The molecule has 1 aliphatic rings. The highest BCUT2D eigenvalue weighted by Gasteiger charge is 2.35. The number of imide groups is 1. The second kappa shape index (κ2) is 7.27. The lowest BCUT2D eigenvalue weighted by Crippen LogP contribution is -2.22. The number of nitrogens with one attached hydrogen (secondary N) is 1. The van der Waals surface area contributed by atoms with Crippen molar-refractivity contribution in [1.29, 1.82) is 0 Å². The zero-order valence-electron chi connectivity index (χ0n) is 15.8. The highest BCUT2D eigenvalue weighted by molar-refractivity contribution is 9.10. The molecule has 0 fully saturated rings. The van der Waals surface area contributed by atoms with Gasteiger partial charge in [0.2, 0.25) is 0 Å². The molecule has 30 heavy (non-hydrogen) atoms. The molecular weight excluding hydrogens is 448 g/mol. The van der Waals surface area contributed by atoms with Crippen LogP contribution < -0.4 is 5.32 Å². The van der Waals surface area contributed by atoms with Crippen LogP contribution in [0.15, 0.2) is 63.8 Å². The van der Waals surface area contributed by atoms with E-state index in [2.05, 4.69) is 21.2 Å². The van der Waals surface area contributed by atoms with Gasteiger partial charge in [0, 0.05) is 51.2 Å². The fraction of sp³-hybridized carbons (Fsp3) is 0.130. The maximum absolute atomic E-state index is 12.9. The Kier molecular flexibility index (Phi) is 4.56. The van der Waals surface area contributed by atoms with Crippen molar-refractivity contribution in [3.63, 3.8) is 0 Å². The monoisotopic (exact) mass is 464 g/mol. The largest absolute Gasteiger partial charge is 0.464 e. The van der Waals surface area contributed by atoms with Crippen molar-refractivity contribution in [3.8, 4) is 0 Å². The second-order valence-electron chi connectivity index (χ2n) is 7.15. The van der Waals surface area contributed by atoms with Crippen molar-refractivity contribution in [3.05, 3.63) is 70.5 Å². The van der Waals surface area contributed by atoms with E-state index in [-0.39, 0.29) is 6.61 Å². The minimum atomic E-state index is -0.437. The number of aliphatic hydroxyl groups excluding tert-OH is 1. The van der Waals surface area contributed by atoms with Crippen molar-refractivity contribution >= 4 is 60.8 Å². The Labute approximate surface area is 179 Å². The lowest BCUT2D eigenvalue weighted by molar-refractivity contribution is -0.122. The van der Waals surface area contributed by atoms with Crippen LogP contribution in [0.1, 0.15) is 17.5 Å². The van der Waals surface area contributed by atoms with Gasteiger partial charge in [-0.2, -0.15) is 0 Å². The van der Waals surface area contributed by atoms with Gasteiger partial charge in [-0.1, -0.05) is 34.1 Å². The topological polar surface area (TPSA) is 84.5 Å². The molecule has 2 aromatic carbocycles. The van der Waals surface area contributed by atoms with E-state index in [1.54, 1.807) is 0 Å². The van der Waals surface area contributed by atoms with E-state index in [1.165, 1.54) is 6.26 Å². The Morgan fingerprint density at radius 3 is 2.57 bits per heavy atom. The summed E-state index contributed by atoms with van der Waals surface area (Å²) >= 11 is 3.50. The van der Waals surface area contributed by atoms with Crippen LogP contribution in [-0.4, -0.2) is 28.1 Å². The van der Waals surface area contributed by atoms with Gasteiger partial charge in [0.05, 0.1) is 17.4 Å². The normalized spacial score (nSPS) is 14.3. The molecule has 0 bridgehead atoms. The van der Waals surface area contributed by atoms with Crippen LogP contribution in [0.25, 0.3) is 33.0 Å². The quantitative estimate of drug-likeness (QED) is 0.435. The van der Waals surface area contributed by atoms with Gasteiger partial charge in [0.1, 0.15) is 5.58 Å². The van der Waals surface area contributed by atoms with Crippen LogP contribution in [0.3, 0.4) is 0 Å². The van der Waals surface area contributed by atoms with E-state index in [0.717, 1.165) is 20.8 Å². The Bertz CT molecular complexity index is 1360. The lowest BCUT2D eigenvalue weighted by Gasteiger charge is -2.03. The van der Waals surface area contributed by atoms with Gasteiger partial charge in [-0.3, -0.25) is 14.9 Å². The zero-order valence-corrected chi connectivity index (χ0v) is 17.4. The Balaban J connectivity index is 1.80. The summed E-state index contributed by atoms with van der Waals surface area (Å²) in [6.07, 6.45) is 3.99. The summed E-state index contributed by atoms with van der Waals surface area (Å²) in [5.41, 5.74) is 3.49. The minimum absolute atomic E-state index is 0.0689. The highest BCUT2D eigenvalue weighted by Crippen LogP contribution is 2.39. The molecule has 2 amide bonds. The first kappa shape index (κ1) is 18.8. The number of fused-ring (bicyclic) bond motifs is 2. The number of halogens is 1. The number of carbonyl (C=O) groups is 2. The van der Waals surface area contributed by atoms with Crippen LogP contribution >= 0.6 is 15.9 Å². The number of hydrogen-bond donors (Lipinski definition) is 2. The highest BCUT2D eigenvalue weighted by atomic mass is 79.9. The molecule has 4 aromatic rings. The smallest absolute Gasteiger partial charge is 0.259 e. The van der Waals surface area contributed by atoms with E-state index in [0.29, 0.717) is 40.8 Å². The molecule has 150 valence electrons. The van der Waals surface area contributed by atoms with Gasteiger partial charge >= 0.3 is 0 Å². The van der Waals surface area contributed by atoms with Gasteiger partial charge in [0.25, 0.3) is 11.8 Å². The number of rotatable bonds is 5. The summed E-state index contributed by atoms with van der Waals surface area (Å²) < 4.78 is 8.50. The van der Waals surface area contributed by atoms with Gasteiger partial charge in [0.15, 0.2) is 0 Å². The molecule has 2 N–H and O–H groups in total. The molecule has 1 aliphatic heterocycles. The molecule has 5 rings (SSSR count). The number of nitrogens with zero attached hydrogens (tertiary/aromatic N) is 1. The summed E-state index contributed by atoms with van der Waals surface area (Å²) in [4.78, 5) is 25.7. The molecule has 7 heteroatoms. The predicted octanol–water partition coefficient (Wildman–Crippen LogP) is 4.10. The summed E-state index contributed by atoms with van der Waals surface area (Å²) in [7, 11) is 0. The van der Waals surface area contributed by atoms with Crippen LogP contribution in [0.5, 0.6) is 0 Å². The Hall–Kier alpha value is -3.16. The Morgan fingerprint density at radius 2 is 1.77 bits per heavy atom. The minimum Gasteiger partial charge on any atom is -0.464 e. The maximum Gasteiger partial charge on any atom is 0.259 e. The first-order valence-corrected chi connectivity index (χ1v) is 10.3. The summed E-state index contributed by atoms with van der Waals surface area (Å²) in [6, 6.07) is 13.3. The van der Waals surface area contributed by atoms with Crippen LogP contribution in [0.4, 0.5) is 0 Å². The van der Waals surface area contributed by atoms with Crippen LogP contribution in [0.2, 0.25) is 0 Å². The predicted molar refractivity (Wildman–Crippen MR) is 118 cm³/mol. The number of carbonyl (C=O) groups excluding carboxylic acids is 2. The lowest BCUT2D eigenvalue weighted by atomic mass is 9.95. The number of para-hydroxylation sites is 1. The SMILES string of the molecule is O=C1NC(=O)C(c2cn(CCCO)c3ccc(Br)cc23)=C1c1coc2ccccc12. The summed E-state index contributed by atoms with van der Waals surface area (Å²) in [5.74, 6) is -0.866. The average Bonchev–Trinajstić information content (AvgIpc) is 3.39. The van der Waals surface area contributed by atoms with Crippen LogP contribution in [-0.2, 0) is 16.1 Å². The van der Waals surface area contributed by atoms with Gasteiger partial charge < -0.3 is 14.1 Å². The van der Waals surface area contributed by atoms with Gasteiger partial charge in [-0.05, 0) is 30.7 Å². The fourth-order valence-corrected chi connectivity index (χ4v) is 4.40. The van der Waals surface area contributed by atoms with Crippen molar-refractivity contribution in [1.82, 2.24) is 9.88 Å². The first-order valence-electron chi connectivity index (χ1n) is 9.54. The van der Waals surface area contributed by atoms with Gasteiger partial charge in [-0.15, -0.1) is 0 Å². The molecule has 0 saturated carbocycles. The average molecular weight is 465 g/mol. The molecule has 0 aliphatic carbocycles. The third-order valence-electron chi connectivity index (χ3n) is 5.35. The molecule has 2 aromatic heterocycles. The number of hydrogen-bond acceptors (Lipinski definition) is 4. The number of benzene rings is 2. The molecule has 3 heterocycles. The molecule has 0 unspecified atom stereocenters. The fourth-order valence-electron chi connectivity index (χ4n) is 4.04. The summed E-state index contributed by atoms with van der Waals surface area (Å²) in [6.45, 7) is 0.668. The number of aryl methyl sites for hydroxylation is 1. The van der Waals surface area contributed by atoms with Crippen molar-refractivity contribution < 1.29 is 19.1 Å². The zero-order chi connectivity index (χ0) is 20.8. The van der Waals surface area contributed by atoms with Crippen LogP contribution in [0, 0.1) is 0 Å². The number of furan rings is 1. The van der Waals surface area contributed by atoms with E-state index in [1.807, 2.05) is 53.2 Å². The second-order valence-corrected chi connectivity index (χ2v) is 8.07. The Morgan fingerprint density at radius 1 is 1.00 bits per heavy atom. The van der Waals surface area contributed by atoms with E-state index in [9.17, 15) is 14.7 Å². The van der Waals surface area contributed by atoms with E-state index in [4.69, 9.17) is 4.42 Å². The molecular formula is C23H17BrN2O4. The van der Waals surface area contributed by atoms with Crippen molar-refractivity contribution in [2.45, 2.75) is 13.0 Å². The molecule has 6 nitrogen and oxygen atoms in total. The first-order chi connectivity index (χ1) is 14.6. The third-order valence-corrected chi connectivity index (χ3v) is 5.84. The molecule has 0 spiro atoms. The van der Waals surface area contributed by atoms with E-state index >= 15 is 0 Å². The van der Waals surface area contributed by atoms with E-state index < -0.39 is 11.8 Å². The maximum atomic E-state index is 12.9. The number of aromatic nitrogens is 1. The van der Waals surface area contributed by atoms with Gasteiger partial charge in [-0.25, -0.2) is 0 Å². The number of aliphatic hydroxyl groups is 1. The number of amides is 2. The molecule has 0 saturated heterocycles. The van der Waals surface area contributed by atoms with Crippen molar-refractivity contribution in [2.75, 3.05) is 6.61 Å². The third kappa shape index (κ3) is 2.89. The van der Waals surface area contributed by atoms with Crippen molar-refractivity contribution in [2.24, 2.45) is 0 Å². The molecule has 0 atom stereocenters. The standard InChI is InChI=1S/C23H17BrN2O4/c24-13-6-7-18-15(10-13)16(11-26(18)8-3-9-27)20-21(23(29)25-22(20)28)17-12-30-19-5-2-1-4-14(17)19/h1-2,4-7,10-12,27H,3,8-9H2,(H,25,28,29). The summed E-state index contributed by atoms with van der Waals surface area (Å²) in [5, 5.41) is 13.3. The molecule has 0 radical (unpaired) electrons.